The Morgan fingerprint density at radius 1 is 0.361 bits per heavy atom. The smallest absolute Gasteiger partial charge is 0.405 e. The minimum absolute atomic E-state index is 0.0817. The number of Topliss-reactive ketones (excluding diaryl/α,β-unsaturated/α-hetero) is 1. The molecule has 4 aromatic heterocycles. The molecule has 3 saturated heterocycles. The zero-order valence-electron chi connectivity index (χ0n) is 72.1. The van der Waals surface area contributed by atoms with Gasteiger partial charge in [0, 0.05) is 72.6 Å². The van der Waals surface area contributed by atoms with Crippen molar-refractivity contribution in [3.8, 4) is 0 Å². The molecule has 133 heavy (non-hydrogen) atoms. The average molecular weight is 1870 g/mol. The number of aromatic nitrogens is 4. The summed E-state index contributed by atoms with van der Waals surface area (Å²) in [4.78, 5) is 161. The van der Waals surface area contributed by atoms with Gasteiger partial charge in [-0.25, -0.2) is 4.79 Å². The summed E-state index contributed by atoms with van der Waals surface area (Å²) >= 11 is 0. The second-order valence-corrected chi connectivity index (χ2v) is 32.2. The number of ketones is 1. The first-order valence-corrected chi connectivity index (χ1v) is 41.5. The van der Waals surface area contributed by atoms with E-state index in [1.54, 1.807) is 60.7 Å². The topological polar surface area (TPSA) is 495 Å². The second kappa shape index (κ2) is 47.5. The van der Waals surface area contributed by atoms with Gasteiger partial charge in [0.2, 0.25) is 29.4 Å². The van der Waals surface area contributed by atoms with E-state index in [9.17, 15) is 110 Å². The van der Waals surface area contributed by atoms with E-state index in [4.69, 9.17) is 28.0 Å². The number of alkyl halides is 12. The van der Waals surface area contributed by atoms with Crippen molar-refractivity contribution in [2.24, 2.45) is 52.5 Å². The van der Waals surface area contributed by atoms with Gasteiger partial charge in [-0.2, -0.15) is 52.7 Å². The summed E-state index contributed by atoms with van der Waals surface area (Å²) in [5.41, 5.74) is 26.4. The number of nitrogens with two attached hydrogens (primary N) is 4. The lowest BCUT2D eigenvalue weighted by atomic mass is 9.70. The number of amides is 10. The van der Waals surface area contributed by atoms with Gasteiger partial charge in [-0.05, 0) is 183 Å². The van der Waals surface area contributed by atoms with Crippen molar-refractivity contribution in [2.45, 2.75) is 134 Å². The number of piperidine rings is 3. The number of halogens is 12. The molecule has 8 aromatic rings. The highest BCUT2D eigenvalue weighted by Gasteiger charge is 2.41. The zero-order chi connectivity index (χ0) is 97.8. The number of nitrogens with zero attached hydrogens (tertiary/aromatic N) is 6. The molecule has 0 spiro atoms. The molecule has 32 nitrogen and oxygen atoms in total. The van der Waals surface area contributed by atoms with Crippen LogP contribution in [-0.2, 0) is 38.4 Å². The van der Waals surface area contributed by atoms with Crippen LogP contribution in [0.5, 0.6) is 0 Å². The summed E-state index contributed by atoms with van der Waals surface area (Å²) in [6.07, 6.45) is 0.0826. The SMILES string of the molecule is C[C@@H]1CC[C@@H](c2ccc(NCC(F)(F)F)cc2)N(C(=O)C(=O)Nc2cncc(C(N)=O)c2)C1.C[C@@H]1CC[C@@H](c2ccc(NCC(F)(F)F)cc2)NC1.C[C@H]1CC[C@H](c2ccc(NCC(F)(F)F)cc2)C(C(=O)C(=O)Nc2cncc(C(N)=O)c2)C1.C[C@H]1CC[C@H](c2ccc(NCC(F)(F)F)cc2)N(C(=O)C(=O)Nc2cncc(C(N)=O)c2)C1.NC(=O)c1cncc(NC(=O)C(=O)O)c1. The molecule has 712 valence electrons. The van der Waals surface area contributed by atoms with Crippen molar-refractivity contribution in [1.29, 1.82) is 0 Å². The number of primary amides is 4. The number of likely N-dealkylation sites (tertiary alicyclic amines) is 2. The van der Waals surface area contributed by atoms with Crippen LogP contribution in [0.2, 0.25) is 0 Å². The van der Waals surface area contributed by atoms with Gasteiger partial charge >= 0.3 is 60.2 Å². The number of carboxylic acids is 1. The summed E-state index contributed by atoms with van der Waals surface area (Å²) in [6, 6.07) is 31.1. The standard InChI is InChI=1S/C23H25F3N4O3.2C22H24F3N5O3.C14H19F3N2.C8H7N3O4/c1-13-2-7-18(14-3-5-16(6-4-14)29-12-23(24,25)26)19(8-13)20(31)22(33)30-17-9-15(21(27)32)10-28-11-17;2*1-13-2-7-18(14-3-5-16(6-4-14)28-12-22(23,24)25)30(11-13)21(33)20(32)29-17-8-15(19(26)31)9-27-10-17;1-10-2-7-13(18-8-10)11-3-5-12(6-4-11)19-9-14(15,16)17;9-6(12)4-1-5(3-10-2-4)11-7(13)8(14)15/h3-6,9-11,13,18-19,29H,2,7-8,12H2,1H3,(H2,27,32)(H,30,33);2*3-6,8-10,13,18,28H,2,7,11-12H2,1H3,(H2,26,31)(H,29,32);3-6,10,13,18-19H,2,7-9H2,1H3;1-3H,(H2,9,12)(H,11,13)(H,14,15)/t13-,18+,19?;2*13-,18+;10-,13+;/m0101./s1. The van der Waals surface area contributed by atoms with Crippen LogP contribution >= 0.6 is 0 Å². The molecule has 44 heteroatoms. The van der Waals surface area contributed by atoms with Crippen LogP contribution < -0.4 is 70.8 Å². The molecular formula is C89H99F12N19O13. The van der Waals surface area contributed by atoms with E-state index in [0.717, 1.165) is 54.5 Å². The van der Waals surface area contributed by atoms with Gasteiger partial charge in [-0.15, -0.1) is 0 Å². The van der Waals surface area contributed by atoms with E-state index in [1.165, 1.54) is 114 Å². The molecule has 4 aliphatic rings. The Balaban J connectivity index is 0.000000210. The van der Waals surface area contributed by atoms with Gasteiger partial charge in [0.25, 0.3) is 5.91 Å². The zero-order valence-corrected chi connectivity index (χ0v) is 72.1. The number of anilines is 8. The normalized spacial score (nSPS) is 18.8. The van der Waals surface area contributed by atoms with E-state index in [0.29, 0.717) is 73.5 Å². The van der Waals surface area contributed by atoms with Crippen molar-refractivity contribution in [3.63, 3.8) is 0 Å². The van der Waals surface area contributed by atoms with Crippen molar-refractivity contribution < 1.29 is 115 Å². The molecule has 3 aliphatic heterocycles. The molecule has 12 rings (SSSR count). The third kappa shape index (κ3) is 34.1. The molecule has 4 aromatic carbocycles. The lowest BCUT2D eigenvalue weighted by Gasteiger charge is -2.38. The van der Waals surface area contributed by atoms with Crippen molar-refractivity contribution >= 4 is 116 Å². The van der Waals surface area contributed by atoms with Crippen LogP contribution in [-0.4, -0.2) is 176 Å². The van der Waals surface area contributed by atoms with E-state index in [-0.39, 0.29) is 68.7 Å². The van der Waals surface area contributed by atoms with Crippen LogP contribution in [0, 0.1) is 29.6 Å². The Hall–Kier alpha value is -14.4. The Morgan fingerprint density at radius 2 is 0.654 bits per heavy atom. The van der Waals surface area contributed by atoms with Crippen LogP contribution in [0.25, 0.3) is 0 Å². The van der Waals surface area contributed by atoms with E-state index < -0.39 is 140 Å². The minimum Gasteiger partial charge on any atom is -0.474 e. The number of hydrogen-bond donors (Lipinski definition) is 14. The Labute approximate surface area is 754 Å². The summed E-state index contributed by atoms with van der Waals surface area (Å²) in [5, 5.41) is 30.5. The van der Waals surface area contributed by atoms with E-state index in [2.05, 4.69) is 69.4 Å². The third-order valence-corrected chi connectivity index (χ3v) is 21.4. The Morgan fingerprint density at radius 3 is 0.955 bits per heavy atom. The first-order chi connectivity index (χ1) is 62.5. The number of carbonyl (C=O) groups is 12. The number of rotatable bonds is 22. The molecular weight excluding hydrogens is 1770 g/mol. The van der Waals surface area contributed by atoms with Gasteiger partial charge in [-0.1, -0.05) is 82.6 Å². The molecule has 9 atom stereocenters. The fourth-order valence-electron chi connectivity index (χ4n) is 14.7. The van der Waals surface area contributed by atoms with Crippen LogP contribution in [0.1, 0.15) is 173 Å². The van der Waals surface area contributed by atoms with Gasteiger partial charge in [0.05, 0.1) is 81.9 Å². The molecule has 1 unspecified atom stereocenters. The lowest BCUT2D eigenvalue weighted by molar-refractivity contribution is -0.147. The monoisotopic (exact) mass is 1870 g/mol. The van der Waals surface area contributed by atoms with Crippen LogP contribution in [0.15, 0.2) is 171 Å². The summed E-state index contributed by atoms with van der Waals surface area (Å²) in [5.74, 6) is -9.90. The summed E-state index contributed by atoms with van der Waals surface area (Å²) in [6.45, 7) is 5.44. The molecule has 0 bridgehead atoms. The number of benzene rings is 4. The maximum Gasteiger partial charge on any atom is 0.405 e. The number of aliphatic carboxylic acids is 1. The highest BCUT2D eigenvalue weighted by Crippen LogP contribution is 2.43. The highest BCUT2D eigenvalue weighted by atomic mass is 19.4. The highest BCUT2D eigenvalue weighted by molar-refractivity contribution is 6.42. The number of carbonyl (C=O) groups excluding carboxylic acids is 11. The molecule has 0 radical (unpaired) electrons. The van der Waals surface area contributed by atoms with Gasteiger partial charge in [0.1, 0.15) is 26.2 Å². The molecule has 4 fully saturated rings. The number of nitrogens with one attached hydrogen (secondary N) is 9. The second-order valence-electron chi connectivity index (χ2n) is 32.2. The third-order valence-electron chi connectivity index (χ3n) is 21.4. The number of pyridine rings is 4. The largest absolute Gasteiger partial charge is 0.474 e. The van der Waals surface area contributed by atoms with Gasteiger partial charge < -0.3 is 85.7 Å². The molecule has 1 saturated carbocycles. The maximum absolute atomic E-state index is 13.1. The molecule has 10 amide bonds. The molecule has 1 aliphatic carbocycles. The quantitative estimate of drug-likeness (QED) is 0.0221. The Bertz CT molecular complexity index is 4990. The molecule has 18 N–H and O–H groups in total. The fourth-order valence-corrected chi connectivity index (χ4v) is 14.7. The van der Waals surface area contributed by atoms with E-state index >= 15 is 0 Å². The van der Waals surface area contributed by atoms with Gasteiger partial charge in [-0.3, -0.25) is 72.7 Å². The number of carboxylic acid groups (broad SMARTS) is 1. The van der Waals surface area contributed by atoms with Crippen molar-refractivity contribution in [3.05, 3.63) is 215 Å². The maximum atomic E-state index is 13.1. The van der Waals surface area contributed by atoms with Crippen LogP contribution in [0.3, 0.4) is 0 Å². The summed E-state index contributed by atoms with van der Waals surface area (Å²) in [7, 11) is 0. The van der Waals surface area contributed by atoms with Crippen molar-refractivity contribution in [2.75, 3.05) is 88.3 Å². The lowest BCUT2D eigenvalue weighted by Crippen LogP contribution is -2.46. The first kappa shape index (κ1) is 104. The van der Waals surface area contributed by atoms with Gasteiger partial charge in [0.15, 0.2) is 0 Å². The van der Waals surface area contributed by atoms with Crippen LogP contribution in [0.4, 0.5) is 98.2 Å². The predicted molar refractivity (Wildman–Crippen MR) is 466 cm³/mol. The summed E-state index contributed by atoms with van der Waals surface area (Å²) < 4.78 is 148. The minimum atomic E-state index is -4.33. The predicted octanol–water partition coefficient (Wildman–Crippen LogP) is 13.0. The average Bonchev–Trinajstić information content (AvgIpc) is 0.816. The fraction of sp³-hybridized carbons (Fsp3) is 0.371. The first-order valence-electron chi connectivity index (χ1n) is 41.5. The van der Waals surface area contributed by atoms with Crippen molar-refractivity contribution in [1.82, 2.24) is 35.1 Å². The molecule has 7 heterocycles. The number of hydrogen-bond acceptors (Lipinski definition) is 21. The Kier molecular flexibility index (Phi) is 37.1. The van der Waals surface area contributed by atoms with E-state index in [1.807, 2.05) is 38.2 Å².